The molecule has 1 saturated heterocycles. The molecule has 2 N–H and O–H groups in total. The quantitative estimate of drug-likeness (QED) is 0.671. The highest BCUT2D eigenvalue weighted by atomic mass is 16.5. The third kappa shape index (κ3) is 3.32. The van der Waals surface area contributed by atoms with Gasteiger partial charge in [-0.15, -0.1) is 0 Å². The second kappa shape index (κ2) is 7.37. The molecule has 8 heteroatoms. The van der Waals surface area contributed by atoms with E-state index in [4.69, 9.17) is 4.74 Å². The van der Waals surface area contributed by atoms with Crippen LogP contribution in [0.15, 0.2) is 36.4 Å². The molecule has 2 heterocycles. The van der Waals surface area contributed by atoms with Crippen molar-refractivity contribution in [2.75, 3.05) is 20.2 Å². The van der Waals surface area contributed by atoms with E-state index in [-0.39, 0.29) is 23.7 Å². The van der Waals surface area contributed by atoms with Crippen LogP contribution in [0.5, 0.6) is 5.75 Å². The molecule has 1 aromatic heterocycles. The molecule has 2 aliphatic rings. The van der Waals surface area contributed by atoms with Crippen LogP contribution < -0.4 is 4.74 Å². The van der Waals surface area contributed by atoms with E-state index in [1.54, 1.807) is 25.3 Å². The average molecular weight is 420 g/mol. The fourth-order valence-corrected chi connectivity index (χ4v) is 5.33. The third-order valence-corrected chi connectivity index (χ3v) is 6.90. The van der Waals surface area contributed by atoms with Crippen molar-refractivity contribution >= 4 is 22.9 Å². The lowest BCUT2D eigenvalue weighted by Gasteiger charge is -2.40. The molecule has 31 heavy (non-hydrogen) atoms. The number of H-pyrrole nitrogens is 1. The van der Waals surface area contributed by atoms with E-state index >= 15 is 0 Å². The molecule has 1 amide bonds. The number of hydrogen-bond donors (Lipinski definition) is 2. The monoisotopic (exact) mass is 420 g/mol. The zero-order chi connectivity index (χ0) is 21.6. The van der Waals surface area contributed by atoms with Gasteiger partial charge in [-0.25, -0.2) is 0 Å². The fraction of sp³-hybridized carbons (Fsp3) is 0.391. The Morgan fingerprint density at radius 2 is 1.94 bits per heavy atom. The zero-order valence-corrected chi connectivity index (χ0v) is 17.3. The van der Waals surface area contributed by atoms with Crippen molar-refractivity contribution in [3.05, 3.63) is 53.1 Å². The third-order valence-electron chi connectivity index (χ3n) is 6.90. The molecule has 5 rings (SSSR count). The van der Waals surface area contributed by atoms with Gasteiger partial charge in [-0.3, -0.25) is 9.59 Å². The summed E-state index contributed by atoms with van der Waals surface area (Å²) in [5.41, 5.74) is 4.20. The minimum atomic E-state index is -0.778. The summed E-state index contributed by atoms with van der Waals surface area (Å²) < 4.78 is 5.44. The summed E-state index contributed by atoms with van der Waals surface area (Å²) in [6.07, 6.45) is 2.54. The van der Waals surface area contributed by atoms with Crippen LogP contribution in [0.2, 0.25) is 0 Å². The molecule has 0 radical (unpaired) electrons. The summed E-state index contributed by atoms with van der Waals surface area (Å²) in [6.45, 7) is 1.26. The fourth-order valence-electron chi connectivity index (χ4n) is 5.33. The number of carboxylic acids is 1. The van der Waals surface area contributed by atoms with E-state index in [1.807, 2.05) is 17.0 Å². The Bertz CT molecular complexity index is 1160. The van der Waals surface area contributed by atoms with Gasteiger partial charge in [0.1, 0.15) is 16.8 Å². The highest BCUT2D eigenvalue weighted by Gasteiger charge is 2.46. The van der Waals surface area contributed by atoms with Gasteiger partial charge in [0.2, 0.25) is 0 Å². The Morgan fingerprint density at radius 1 is 1.16 bits per heavy atom. The first-order valence-electron chi connectivity index (χ1n) is 10.5. The predicted molar refractivity (Wildman–Crippen MR) is 113 cm³/mol. The van der Waals surface area contributed by atoms with E-state index in [1.165, 1.54) is 5.56 Å². The minimum absolute atomic E-state index is 0.00442. The maximum absolute atomic E-state index is 13.1. The van der Waals surface area contributed by atoms with Gasteiger partial charge in [-0.05, 0) is 72.1 Å². The number of fused-ring (bicyclic) bond motifs is 3. The van der Waals surface area contributed by atoms with Gasteiger partial charge in [0.25, 0.3) is 5.91 Å². The lowest BCUT2D eigenvalue weighted by molar-refractivity contribution is -0.137. The molecular weight excluding hydrogens is 396 g/mol. The van der Waals surface area contributed by atoms with Crippen molar-refractivity contribution in [1.82, 2.24) is 20.3 Å². The van der Waals surface area contributed by atoms with Crippen LogP contribution in [-0.4, -0.2) is 57.5 Å². The molecule has 2 aromatic carbocycles. The normalized spacial score (nSPS) is 19.5. The van der Waals surface area contributed by atoms with Gasteiger partial charge in [-0.1, -0.05) is 6.07 Å². The lowest BCUT2D eigenvalue weighted by atomic mass is 9.73. The number of ether oxygens (including phenoxy) is 1. The largest absolute Gasteiger partial charge is 0.497 e. The molecule has 3 aromatic rings. The number of piperidine rings is 1. The number of hydrogen-bond acceptors (Lipinski definition) is 5. The molecule has 160 valence electrons. The first-order valence-corrected chi connectivity index (χ1v) is 10.5. The van der Waals surface area contributed by atoms with Gasteiger partial charge < -0.3 is 14.7 Å². The van der Waals surface area contributed by atoms with Crippen molar-refractivity contribution in [2.24, 2.45) is 0 Å². The molecule has 1 fully saturated rings. The van der Waals surface area contributed by atoms with E-state index in [9.17, 15) is 14.7 Å². The molecule has 0 bridgehead atoms. The number of aromatic nitrogens is 3. The molecule has 1 spiro atoms. The number of aliphatic carboxylic acids is 1. The van der Waals surface area contributed by atoms with Crippen molar-refractivity contribution in [2.45, 2.75) is 37.0 Å². The molecule has 1 unspecified atom stereocenters. The SMILES string of the molecule is COc1ccc2c(c1)C1(CCN(C(=O)c3ccc4n[nH]nc4c3)CC1)CC2CC(=O)O. The number of carbonyl (C=O) groups excluding carboxylic acids is 1. The van der Waals surface area contributed by atoms with E-state index in [0.717, 1.165) is 36.1 Å². The maximum Gasteiger partial charge on any atom is 0.303 e. The number of rotatable bonds is 4. The van der Waals surface area contributed by atoms with Crippen LogP contribution >= 0.6 is 0 Å². The first-order chi connectivity index (χ1) is 15.0. The van der Waals surface area contributed by atoms with Crippen LogP contribution in [0.4, 0.5) is 0 Å². The number of amides is 1. The zero-order valence-electron chi connectivity index (χ0n) is 17.3. The molecule has 1 atom stereocenters. The Balaban J connectivity index is 1.38. The van der Waals surface area contributed by atoms with E-state index < -0.39 is 5.97 Å². The number of nitrogens with zero attached hydrogens (tertiary/aromatic N) is 3. The Kier molecular flexibility index (Phi) is 4.64. The van der Waals surface area contributed by atoms with Crippen molar-refractivity contribution in [3.8, 4) is 5.75 Å². The van der Waals surface area contributed by atoms with Gasteiger partial charge in [0.05, 0.1) is 13.5 Å². The summed E-state index contributed by atoms with van der Waals surface area (Å²) in [6, 6.07) is 11.3. The second-order valence-corrected chi connectivity index (χ2v) is 8.55. The smallest absolute Gasteiger partial charge is 0.303 e. The van der Waals surface area contributed by atoms with Gasteiger partial charge in [-0.2, -0.15) is 15.4 Å². The Morgan fingerprint density at radius 3 is 2.68 bits per heavy atom. The summed E-state index contributed by atoms with van der Waals surface area (Å²) in [7, 11) is 1.64. The van der Waals surface area contributed by atoms with Crippen LogP contribution in [0.1, 0.15) is 53.1 Å². The number of aromatic amines is 1. The summed E-state index contributed by atoms with van der Waals surface area (Å²) in [4.78, 5) is 26.4. The summed E-state index contributed by atoms with van der Waals surface area (Å²) >= 11 is 0. The maximum atomic E-state index is 13.1. The number of benzene rings is 2. The second-order valence-electron chi connectivity index (χ2n) is 8.55. The van der Waals surface area contributed by atoms with Crippen LogP contribution in [0.25, 0.3) is 11.0 Å². The van der Waals surface area contributed by atoms with Gasteiger partial charge in [0.15, 0.2) is 0 Å². The summed E-state index contributed by atoms with van der Waals surface area (Å²) in [5, 5.41) is 20.1. The Labute approximate surface area is 179 Å². The molecular formula is C23H24N4O4. The molecule has 1 aliphatic heterocycles. The van der Waals surface area contributed by atoms with E-state index in [0.29, 0.717) is 24.2 Å². The van der Waals surface area contributed by atoms with Crippen LogP contribution in [0.3, 0.4) is 0 Å². The van der Waals surface area contributed by atoms with Gasteiger partial charge in [0, 0.05) is 18.7 Å². The molecule has 1 aliphatic carbocycles. The highest BCUT2D eigenvalue weighted by molar-refractivity contribution is 5.97. The predicted octanol–water partition coefficient (Wildman–Crippen LogP) is 3.10. The first kappa shape index (κ1) is 19.5. The number of methoxy groups -OCH3 is 1. The van der Waals surface area contributed by atoms with Gasteiger partial charge >= 0.3 is 5.97 Å². The van der Waals surface area contributed by atoms with Crippen LogP contribution in [-0.2, 0) is 10.2 Å². The highest BCUT2D eigenvalue weighted by Crippen LogP contribution is 2.53. The van der Waals surface area contributed by atoms with Crippen molar-refractivity contribution in [1.29, 1.82) is 0 Å². The molecule has 8 nitrogen and oxygen atoms in total. The number of nitrogens with one attached hydrogen (secondary N) is 1. The van der Waals surface area contributed by atoms with Crippen LogP contribution in [0, 0.1) is 0 Å². The number of likely N-dealkylation sites (tertiary alicyclic amines) is 1. The Hall–Kier alpha value is -3.42. The van der Waals surface area contributed by atoms with Crippen molar-refractivity contribution in [3.63, 3.8) is 0 Å². The number of carboxylic acid groups (broad SMARTS) is 1. The van der Waals surface area contributed by atoms with Crippen molar-refractivity contribution < 1.29 is 19.4 Å². The topological polar surface area (TPSA) is 108 Å². The lowest BCUT2D eigenvalue weighted by Crippen LogP contribution is -2.44. The average Bonchev–Trinajstić information content (AvgIpc) is 3.36. The minimum Gasteiger partial charge on any atom is -0.497 e. The summed E-state index contributed by atoms with van der Waals surface area (Å²) in [5.74, 6) is -0.00544. The molecule has 0 saturated carbocycles. The van der Waals surface area contributed by atoms with E-state index in [2.05, 4.69) is 21.5 Å². The number of carbonyl (C=O) groups is 2. The standard InChI is InChI=1S/C23H24N4O4/c1-31-16-3-4-17-15(11-21(28)29)13-23(18(17)12-16)6-8-27(9-7-23)22(30)14-2-5-19-20(10-14)25-26-24-19/h2-5,10,12,15H,6-9,11,13H2,1H3,(H,28,29)(H,24,25,26).